The summed E-state index contributed by atoms with van der Waals surface area (Å²) in [7, 11) is 0. The van der Waals surface area contributed by atoms with Crippen LogP contribution in [-0.4, -0.2) is 44.3 Å². The molecule has 2 aliphatic heterocycles. The van der Waals surface area contributed by atoms with Crippen LogP contribution >= 0.6 is 11.3 Å². The number of likely N-dealkylation sites (tertiary alicyclic amines) is 1. The van der Waals surface area contributed by atoms with Crippen LogP contribution in [0.4, 0.5) is 5.69 Å². The van der Waals surface area contributed by atoms with Gasteiger partial charge in [0, 0.05) is 48.5 Å². The van der Waals surface area contributed by atoms with Crippen molar-refractivity contribution in [3.8, 4) is 0 Å². The number of piperidine rings is 1. The SMILES string of the molecule is O=C(Nc1ccc2n(c1=O)CC1CC2CN(C(=O)Cc2cccs2)C1)c1cnccn1. The molecule has 2 atom stereocenters. The largest absolute Gasteiger partial charge is 0.341 e. The first-order valence-electron chi connectivity index (χ1n) is 10.2. The molecule has 0 saturated carbocycles. The number of thiophene rings is 1. The van der Waals surface area contributed by atoms with Crippen LogP contribution in [0.15, 0.2) is 53.0 Å². The van der Waals surface area contributed by atoms with Crippen molar-refractivity contribution in [3.05, 3.63) is 74.9 Å². The fourth-order valence-electron chi connectivity index (χ4n) is 4.52. The monoisotopic (exact) mass is 435 g/mol. The first-order valence-corrected chi connectivity index (χ1v) is 11.1. The number of carbonyl (C=O) groups is 2. The van der Waals surface area contributed by atoms with E-state index in [4.69, 9.17) is 0 Å². The van der Waals surface area contributed by atoms with E-state index in [9.17, 15) is 14.4 Å². The maximum absolute atomic E-state index is 13.1. The van der Waals surface area contributed by atoms with Gasteiger partial charge in [0.15, 0.2) is 0 Å². The van der Waals surface area contributed by atoms with Gasteiger partial charge < -0.3 is 14.8 Å². The van der Waals surface area contributed by atoms with Crippen LogP contribution < -0.4 is 10.9 Å². The molecule has 9 heteroatoms. The van der Waals surface area contributed by atoms with E-state index in [-0.39, 0.29) is 34.7 Å². The molecule has 1 N–H and O–H groups in total. The van der Waals surface area contributed by atoms with Crippen LogP contribution in [0.5, 0.6) is 0 Å². The fraction of sp³-hybridized carbons (Fsp3) is 0.318. The molecule has 3 aromatic rings. The quantitative estimate of drug-likeness (QED) is 0.677. The highest BCUT2D eigenvalue weighted by Crippen LogP contribution is 2.35. The highest BCUT2D eigenvalue weighted by molar-refractivity contribution is 7.10. The molecule has 0 radical (unpaired) electrons. The summed E-state index contributed by atoms with van der Waals surface area (Å²) >= 11 is 1.60. The highest BCUT2D eigenvalue weighted by atomic mass is 32.1. The van der Waals surface area contributed by atoms with E-state index in [1.54, 1.807) is 22.0 Å². The van der Waals surface area contributed by atoms with Gasteiger partial charge in [0.1, 0.15) is 11.4 Å². The topological polar surface area (TPSA) is 97.2 Å². The maximum Gasteiger partial charge on any atom is 0.276 e. The van der Waals surface area contributed by atoms with Gasteiger partial charge in [0.25, 0.3) is 11.5 Å². The van der Waals surface area contributed by atoms with Crippen LogP contribution in [0.1, 0.15) is 33.4 Å². The molecule has 2 unspecified atom stereocenters. The second-order valence-electron chi connectivity index (χ2n) is 7.99. The lowest BCUT2D eigenvalue weighted by Crippen LogP contribution is -2.49. The summed E-state index contributed by atoms with van der Waals surface area (Å²) in [6, 6.07) is 7.48. The van der Waals surface area contributed by atoms with Crippen LogP contribution in [0.25, 0.3) is 0 Å². The summed E-state index contributed by atoms with van der Waals surface area (Å²) in [6.07, 6.45) is 5.67. The third-order valence-corrected chi connectivity index (χ3v) is 6.78. The van der Waals surface area contributed by atoms with E-state index >= 15 is 0 Å². The predicted octanol–water partition coefficient (Wildman–Crippen LogP) is 2.14. The molecule has 2 amide bonds. The summed E-state index contributed by atoms with van der Waals surface area (Å²) in [6.45, 7) is 1.82. The Balaban J connectivity index is 1.35. The third kappa shape index (κ3) is 3.88. The number of anilines is 1. The minimum atomic E-state index is -0.466. The zero-order valence-corrected chi connectivity index (χ0v) is 17.5. The van der Waals surface area contributed by atoms with Crippen molar-refractivity contribution in [3.63, 3.8) is 0 Å². The van der Waals surface area contributed by atoms with Crippen molar-refractivity contribution in [2.45, 2.75) is 25.3 Å². The Kier molecular flexibility index (Phi) is 5.11. The predicted molar refractivity (Wildman–Crippen MR) is 116 cm³/mol. The molecular weight excluding hydrogens is 414 g/mol. The van der Waals surface area contributed by atoms with Crippen molar-refractivity contribution in [1.82, 2.24) is 19.4 Å². The van der Waals surface area contributed by atoms with E-state index in [1.807, 2.05) is 28.5 Å². The van der Waals surface area contributed by atoms with Crippen molar-refractivity contribution in [2.75, 3.05) is 18.4 Å². The Morgan fingerprint density at radius 3 is 2.84 bits per heavy atom. The molecule has 0 aromatic carbocycles. The number of hydrogen-bond acceptors (Lipinski definition) is 6. The molecule has 31 heavy (non-hydrogen) atoms. The number of pyridine rings is 1. The zero-order chi connectivity index (χ0) is 21.4. The number of nitrogens with one attached hydrogen (secondary N) is 1. The van der Waals surface area contributed by atoms with Crippen LogP contribution in [0, 0.1) is 5.92 Å². The molecule has 8 nitrogen and oxygen atoms in total. The molecule has 5 heterocycles. The Morgan fingerprint density at radius 1 is 1.16 bits per heavy atom. The fourth-order valence-corrected chi connectivity index (χ4v) is 5.22. The van der Waals surface area contributed by atoms with E-state index in [0.29, 0.717) is 26.1 Å². The number of amides is 2. The first kappa shape index (κ1) is 19.6. The normalized spacial score (nSPS) is 19.5. The molecule has 0 aliphatic carbocycles. The molecular formula is C22H21N5O3S. The smallest absolute Gasteiger partial charge is 0.276 e. The summed E-state index contributed by atoms with van der Waals surface area (Å²) in [5.74, 6) is 0.0207. The molecule has 3 aromatic heterocycles. The van der Waals surface area contributed by atoms with E-state index < -0.39 is 5.91 Å². The molecule has 1 saturated heterocycles. The molecule has 0 spiro atoms. The van der Waals surface area contributed by atoms with E-state index in [0.717, 1.165) is 17.0 Å². The minimum absolute atomic E-state index is 0.122. The van der Waals surface area contributed by atoms with Crippen molar-refractivity contribution < 1.29 is 9.59 Å². The molecule has 1 fully saturated rings. The molecule has 2 bridgehead atoms. The van der Waals surface area contributed by atoms with E-state index in [2.05, 4.69) is 15.3 Å². The van der Waals surface area contributed by atoms with E-state index in [1.165, 1.54) is 18.6 Å². The van der Waals surface area contributed by atoms with Gasteiger partial charge in [-0.2, -0.15) is 0 Å². The van der Waals surface area contributed by atoms with Gasteiger partial charge in [0.05, 0.1) is 12.6 Å². The zero-order valence-electron chi connectivity index (χ0n) is 16.7. The van der Waals surface area contributed by atoms with Crippen LogP contribution in [0.3, 0.4) is 0 Å². The molecule has 158 valence electrons. The lowest BCUT2D eigenvalue weighted by atomic mass is 9.83. The summed E-state index contributed by atoms with van der Waals surface area (Å²) in [5.41, 5.74) is 1.08. The lowest BCUT2D eigenvalue weighted by Gasteiger charge is -2.43. The average molecular weight is 436 g/mol. The number of fused-ring (bicyclic) bond motifs is 4. The van der Waals surface area contributed by atoms with Crippen molar-refractivity contribution in [2.24, 2.45) is 5.92 Å². The van der Waals surface area contributed by atoms with Crippen LogP contribution in [-0.2, 0) is 17.8 Å². The first-order chi connectivity index (χ1) is 15.1. The molecule has 2 aliphatic rings. The number of carbonyl (C=O) groups excluding carboxylic acids is 2. The van der Waals surface area contributed by atoms with Gasteiger partial charge in [0.2, 0.25) is 5.91 Å². The number of aromatic nitrogens is 3. The minimum Gasteiger partial charge on any atom is -0.341 e. The summed E-state index contributed by atoms with van der Waals surface area (Å²) < 4.78 is 1.76. The Labute approximate surface area is 182 Å². The number of rotatable bonds is 4. The average Bonchev–Trinajstić information content (AvgIpc) is 3.29. The Hall–Kier alpha value is -3.33. The highest BCUT2D eigenvalue weighted by Gasteiger charge is 2.36. The van der Waals surface area contributed by atoms with Gasteiger partial charge in [-0.05, 0) is 35.9 Å². The lowest BCUT2D eigenvalue weighted by molar-refractivity contribution is -0.133. The standard InChI is InChI=1S/C22H21N5O3S/c28-20(9-16-2-1-7-31-16)26-11-14-8-15(13-26)19-4-3-17(22(30)27(19)12-14)25-21(29)18-10-23-5-6-24-18/h1-7,10,14-15H,8-9,11-13H2,(H,25,29). The Morgan fingerprint density at radius 2 is 2.06 bits per heavy atom. The second kappa shape index (κ2) is 8.07. The number of nitrogens with zero attached hydrogens (tertiary/aromatic N) is 4. The summed E-state index contributed by atoms with van der Waals surface area (Å²) in [5, 5.41) is 4.64. The number of hydrogen-bond donors (Lipinski definition) is 1. The van der Waals surface area contributed by atoms with Gasteiger partial charge in [-0.25, -0.2) is 4.98 Å². The third-order valence-electron chi connectivity index (χ3n) is 5.91. The van der Waals surface area contributed by atoms with Crippen molar-refractivity contribution >= 4 is 28.8 Å². The van der Waals surface area contributed by atoms with Gasteiger partial charge in [-0.1, -0.05) is 6.07 Å². The van der Waals surface area contributed by atoms with Crippen molar-refractivity contribution in [1.29, 1.82) is 0 Å². The molecule has 5 rings (SSSR count). The maximum atomic E-state index is 13.1. The summed E-state index contributed by atoms with van der Waals surface area (Å²) in [4.78, 5) is 49.1. The second-order valence-corrected chi connectivity index (χ2v) is 9.02. The Bertz CT molecular complexity index is 1180. The van der Waals surface area contributed by atoms with Gasteiger partial charge in [-0.15, -0.1) is 11.3 Å². The van der Waals surface area contributed by atoms with Gasteiger partial charge >= 0.3 is 0 Å². The van der Waals surface area contributed by atoms with Gasteiger partial charge in [-0.3, -0.25) is 19.4 Å². The van der Waals surface area contributed by atoms with Crippen LogP contribution in [0.2, 0.25) is 0 Å².